The summed E-state index contributed by atoms with van der Waals surface area (Å²) in [5, 5.41) is 0. The Morgan fingerprint density at radius 2 is 2.00 bits per heavy atom. The minimum Gasteiger partial charge on any atom is -0.469 e. The SMILES string of the molecule is COC(=O)CC[C@@H](C)C1CCC2C3CC[C@@H]4C[C@H](C=O)CC[C@]4(C)C3=CC(=O)[C@@]21C. The van der Waals surface area contributed by atoms with Crippen LogP contribution in [0.1, 0.15) is 78.6 Å². The van der Waals surface area contributed by atoms with Crippen LogP contribution >= 0.6 is 0 Å². The number of hydrogen-bond acceptors (Lipinski definition) is 4. The summed E-state index contributed by atoms with van der Waals surface area (Å²) in [6, 6.07) is 0. The number of ketones is 1. The summed E-state index contributed by atoms with van der Waals surface area (Å²) in [6.07, 6.45) is 12.0. The molecule has 0 aromatic rings. The molecule has 0 saturated heterocycles. The molecule has 0 N–H and O–H groups in total. The first-order chi connectivity index (χ1) is 14.3. The molecule has 0 amide bonds. The number of rotatable bonds is 5. The molecule has 0 radical (unpaired) electrons. The maximum Gasteiger partial charge on any atom is 0.305 e. The highest BCUT2D eigenvalue weighted by molar-refractivity contribution is 5.97. The predicted molar refractivity (Wildman–Crippen MR) is 116 cm³/mol. The lowest BCUT2D eigenvalue weighted by Crippen LogP contribution is -2.51. The number of carbonyl (C=O) groups is 3. The van der Waals surface area contributed by atoms with Crippen molar-refractivity contribution < 1.29 is 19.1 Å². The molecular weight excluding hydrogens is 376 g/mol. The Balaban J connectivity index is 1.59. The lowest BCUT2D eigenvalue weighted by Gasteiger charge is -2.56. The Kier molecular flexibility index (Phi) is 5.74. The predicted octanol–water partition coefficient (Wildman–Crippen LogP) is 5.15. The van der Waals surface area contributed by atoms with E-state index in [2.05, 4.69) is 26.8 Å². The van der Waals surface area contributed by atoms with Crippen molar-refractivity contribution in [3.8, 4) is 0 Å². The van der Waals surface area contributed by atoms with E-state index in [9.17, 15) is 14.4 Å². The maximum absolute atomic E-state index is 13.7. The average Bonchev–Trinajstić information content (AvgIpc) is 3.10. The van der Waals surface area contributed by atoms with E-state index in [1.807, 2.05) is 0 Å². The van der Waals surface area contributed by atoms with Crippen LogP contribution in [0.15, 0.2) is 11.6 Å². The van der Waals surface area contributed by atoms with Crippen LogP contribution < -0.4 is 0 Å². The van der Waals surface area contributed by atoms with Gasteiger partial charge in [-0.25, -0.2) is 0 Å². The lowest BCUT2D eigenvalue weighted by molar-refractivity contribution is -0.141. The van der Waals surface area contributed by atoms with Gasteiger partial charge < -0.3 is 9.53 Å². The molecule has 166 valence electrons. The van der Waals surface area contributed by atoms with Gasteiger partial charge in [0.05, 0.1) is 7.11 Å². The monoisotopic (exact) mass is 414 g/mol. The molecule has 0 aromatic carbocycles. The molecule has 0 heterocycles. The highest BCUT2D eigenvalue weighted by atomic mass is 16.5. The second-order valence-corrected chi connectivity index (χ2v) is 11.1. The standard InChI is InChI=1S/C26H38O4/c1-16(5-10-24(29)30-4)20-8-9-21-19-7-6-18-13-17(15-27)11-12-25(18,2)22(19)14-23(28)26(20,21)3/h14-21H,5-13H2,1-4H3/t16-,17-,18-,19?,20?,21?,25+,26-/m1/s1. The molecule has 3 fully saturated rings. The van der Waals surface area contributed by atoms with Gasteiger partial charge in [0.1, 0.15) is 6.29 Å². The maximum atomic E-state index is 13.7. The molecule has 4 nitrogen and oxygen atoms in total. The fourth-order valence-corrected chi connectivity index (χ4v) is 8.06. The molecule has 4 aliphatic carbocycles. The zero-order chi connectivity index (χ0) is 21.7. The van der Waals surface area contributed by atoms with Crippen molar-refractivity contribution >= 4 is 18.0 Å². The van der Waals surface area contributed by atoms with Crippen LogP contribution in [0.5, 0.6) is 0 Å². The summed E-state index contributed by atoms with van der Waals surface area (Å²) < 4.78 is 4.83. The second-order valence-electron chi connectivity index (χ2n) is 11.1. The summed E-state index contributed by atoms with van der Waals surface area (Å²) in [5.74, 6) is 2.54. The number of hydrogen-bond donors (Lipinski definition) is 0. The van der Waals surface area contributed by atoms with Crippen molar-refractivity contribution in [1.29, 1.82) is 0 Å². The van der Waals surface area contributed by atoms with Gasteiger partial charge in [0, 0.05) is 17.8 Å². The van der Waals surface area contributed by atoms with E-state index < -0.39 is 0 Å². The average molecular weight is 415 g/mol. The van der Waals surface area contributed by atoms with Gasteiger partial charge in [0.25, 0.3) is 0 Å². The van der Waals surface area contributed by atoms with Crippen LogP contribution in [-0.2, 0) is 19.1 Å². The Labute approximate surface area is 181 Å². The first-order valence-electron chi connectivity index (χ1n) is 12.0. The van der Waals surface area contributed by atoms with Crippen LogP contribution in [-0.4, -0.2) is 25.1 Å². The van der Waals surface area contributed by atoms with Crippen molar-refractivity contribution in [3.63, 3.8) is 0 Å². The van der Waals surface area contributed by atoms with Gasteiger partial charge in [-0.1, -0.05) is 26.3 Å². The van der Waals surface area contributed by atoms with E-state index in [1.165, 1.54) is 19.1 Å². The summed E-state index contributed by atoms with van der Waals surface area (Å²) in [7, 11) is 1.44. The summed E-state index contributed by atoms with van der Waals surface area (Å²) in [4.78, 5) is 36.7. The van der Waals surface area contributed by atoms with Gasteiger partial charge in [-0.2, -0.15) is 0 Å². The van der Waals surface area contributed by atoms with Crippen LogP contribution in [0.25, 0.3) is 0 Å². The minimum absolute atomic E-state index is 0.0913. The molecular formula is C26H38O4. The second kappa shape index (κ2) is 7.91. The van der Waals surface area contributed by atoms with Crippen LogP contribution in [0.4, 0.5) is 0 Å². The normalized spacial score (nSPS) is 43.7. The van der Waals surface area contributed by atoms with Gasteiger partial charge in [-0.3, -0.25) is 9.59 Å². The van der Waals surface area contributed by atoms with Gasteiger partial charge in [-0.15, -0.1) is 0 Å². The summed E-state index contributed by atoms with van der Waals surface area (Å²) >= 11 is 0. The van der Waals surface area contributed by atoms with Gasteiger partial charge in [0.2, 0.25) is 0 Å². The van der Waals surface area contributed by atoms with E-state index in [1.54, 1.807) is 0 Å². The zero-order valence-electron chi connectivity index (χ0n) is 19.1. The fourth-order valence-electron chi connectivity index (χ4n) is 8.06. The Bertz CT molecular complexity index is 754. The third-order valence-corrected chi connectivity index (χ3v) is 9.95. The molecule has 3 saturated carbocycles. The minimum atomic E-state index is -0.299. The van der Waals surface area contributed by atoms with Crippen LogP contribution in [0.3, 0.4) is 0 Å². The van der Waals surface area contributed by atoms with Crippen molar-refractivity contribution in [3.05, 3.63) is 11.6 Å². The third kappa shape index (κ3) is 3.20. The number of methoxy groups -OCH3 is 1. The Hall–Kier alpha value is -1.45. The molecule has 3 unspecified atom stereocenters. The Morgan fingerprint density at radius 1 is 1.23 bits per heavy atom. The van der Waals surface area contributed by atoms with Crippen LogP contribution in [0.2, 0.25) is 0 Å². The molecule has 30 heavy (non-hydrogen) atoms. The fraction of sp³-hybridized carbons (Fsp3) is 0.808. The summed E-state index contributed by atoms with van der Waals surface area (Å²) in [6.45, 7) is 6.81. The summed E-state index contributed by atoms with van der Waals surface area (Å²) in [5.41, 5.74) is 1.21. The van der Waals surface area contributed by atoms with Crippen molar-refractivity contribution in [2.75, 3.05) is 7.11 Å². The zero-order valence-corrected chi connectivity index (χ0v) is 19.1. The van der Waals surface area contributed by atoms with Crippen molar-refractivity contribution in [2.45, 2.75) is 78.6 Å². The number of carbonyl (C=O) groups excluding carboxylic acids is 3. The van der Waals surface area contributed by atoms with E-state index >= 15 is 0 Å². The molecule has 4 heteroatoms. The topological polar surface area (TPSA) is 60.4 Å². The van der Waals surface area contributed by atoms with Crippen molar-refractivity contribution in [2.24, 2.45) is 46.3 Å². The number of allylic oxidation sites excluding steroid dienone is 2. The third-order valence-electron chi connectivity index (χ3n) is 9.95. The molecule has 8 atom stereocenters. The van der Waals surface area contributed by atoms with Crippen LogP contribution in [0, 0.1) is 46.3 Å². The number of ether oxygens (including phenoxy) is 1. The highest BCUT2D eigenvalue weighted by Gasteiger charge is 2.61. The molecule has 0 aromatic heterocycles. The van der Waals surface area contributed by atoms with E-state index in [0.29, 0.717) is 41.8 Å². The van der Waals surface area contributed by atoms with Gasteiger partial charge in [-0.05, 0) is 92.4 Å². The quantitative estimate of drug-likeness (QED) is 0.461. The van der Waals surface area contributed by atoms with E-state index in [-0.39, 0.29) is 22.7 Å². The first-order valence-corrected chi connectivity index (χ1v) is 12.0. The number of esters is 1. The molecule has 0 aliphatic heterocycles. The highest BCUT2D eigenvalue weighted by Crippen LogP contribution is 2.65. The number of fused-ring (bicyclic) bond motifs is 5. The first kappa shape index (κ1) is 21.8. The Morgan fingerprint density at radius 3 is 2.70 bits per heavy atom. The smallest absolute Gasteiger partial charge is 0.305 e. The molecule has 0 spiro atoms. The molecule has 4 rings (SSSR count). The number of aldehydes is 1. The molecule has 0 bridgehead atoms. The van der Waals surface area contributed by atoms with Gasteiger partial charge >= 0.3 is 5.97 Å². The lowest BCUT2D eigenvalue weighted by atomic mass is 9.47. The van der Waals surface area contributed by atoms with E-state index in [4.69, 9.17) is 4.74 Å². The molecule has 4 aliphatic rings. The van der Waals surface area contributed by atoms with Crippen molar-refractivity contribution in [1.82, 2.24) is 0 Å². The largest absolute Gasteiger partial charge is 0.469 e. The van der Waals surface area contributed by atoms with E-state index in [0.717, 1.165) is 51.2 Å². The van der Waals surface area contributed by atoms with Gasteiger partial charge in [0.15, 0.2) is 5.78 Å².